The lowest BCUT2D eigenvalue weighted by molar-refractivity contribution is 0.472. The average Bonchev–Trinajstić information content (AvgIpc) is 2.32. The van der Waals surface area contributed by atoms with Gasteiger partial charge < -0.3 is 10.5 Å². The van der Waals surface area contributed by atoms with E-state index in [1.165, 1.54) is 0 Å². The summed E-state index contributed by atoms with van der Waals surface area (Å²) in [5.74, 6) is 0.959. The fourth-order valence-electron chi connectivity index (χ4n) is 1.37. The van der Waals surface area contributed by atoms with Crippen molar-refractivity contribution in [3.05, 3.63) is 48.0 Å². The van der Waals surface area contributed by atoms with E-state index in [9.17, 15) is 0 Å². The number of rotatable bonds is 3. The second kappa shape index (κ2) is 4.61. The second-order valence-corrected chi connectivity index (χ2v) is 3.45. The number of nitrogens with one attached hydrogen (secondary N) is 1. The maximum absolute atomic E-state index is 7.42. The van der Waals surface area contributed by atoms with E-state index in [0.717, 1.165) is 5.69 Å². The molecule has 5 nitrogen and oxygen atoms in total. The van der Waals surface area contributed by atoms with Gasteiger partial charge in [-0.15, -0.1) is 0 Å². The number of nitrogen functional groups attached to an aromatic ring is 1. The summed E-state index contributed by atoms with van der Waals surface area (Å²) in [6.07, 6.45) is 3.26. The lowest BCUT2D eigenvalue weighted by Crippen LogP contribution is -2.14. The van der Waals surface area contributed by atoms with Crippen molar-refractivity contribution in [2.75, 3.05) is 0 Å². The normalized spacial score (nSPS) is 9.94. The largest absolute Gasteiger partial charge is 0.453 e. The van der Waals surface area contributed by atoms with Gasteiger partial charge in [0.1, 0.15) is 17.3 Å². The van der Waals surface area contributed by atoms with Crippen LogP contribution in [0.2, 0.25) is 0 Å². The van der Waals surface area contributed by atoms with Gasteiger partial charge in [-0.3, -0.25) is 10.4 Å². The third-order valence-corrected chi connectivity index (χ3v) is 2.20. The third-order valence-electron chi connectivity index (χ3n) is 2.20. The number of nitrogens with two attached hydrogens (primary N) is 1. The Kier molecular flexibility index (Phi) is 3.00. The van der Waals surface area contributed by atoms with Gasteiger partial charge in [0, 0.05) is 12.4 Å². The van der Waals surface area contributed by atoms with E-state index in [2.05, 4.69) is 9.97 Å². The summed E-state index contributed by atoms with van der Waals surface area (Å²) in [5.41, 5.74) is 6.53. The van der Waals surface area contributed by atoms with E-state index >= 15 is 0 Å². The number of hydrogen-bond acceptors (Lipinski definition) is 4. The van der Waals surface area contributed by atoms with Crippen molar-refractivity contribution in [1.29, 1.82) is 5.41 Å². The predicted octanol–water partition coefficient (Wildman–Crippen LogP) is 1.86. The van der Waals surface area contributed by atoms with Crippen LogP contribution in [0.4, 0.5) is 0 Å². The minimum Gasteiger partial charge on any atom is -0.453 e. The van der Waals surface area contributed by atoms with E-state index in [0.29, 0.717) is 17.2 Å². The van der Waals surface area contributed by atoms with Gasteiger partial charge in [-0.1, -0.05) is 0 Å². The number of amidine groups is 1. The molecule has 0 radical (unpaired) electrons. The Morgan fingerprint density at radius 1 is 1.18 bits per heavy atom. The molecule has 2 aromatic rings. The molecule has 0 fully saturated rings. The predicted molar refractivity (Wildman–Crippen MR) is 64.3 cm³/mol. The van der Waals surface area contributed by atoms with Crippen LogP contribution in [0.3, 0.4) is 0 Å². The Bertz CT molecular complexity index is 554. The molecule has 0 aliphatic heterocycles. The minimum absolute atomic E-state index is 0.123. The molecule has 3 N–H and O–H groups in total. The van der Waals surface area contributed by atoms with Crippen molar-refractivity contribution >= 4 is 5.84 Å². The molecule has 86 valence electrons. The van der Waals surface area contributed by atoms with Crippen LogP contribution in [0.15, 0.2) is 36.7 Å². The molecule has 0 amide bonds. The summed E-state index contributed by atoms with van der Waals surface area (Å²) in [4.78, 5) is 8.13. The monoisotopic (exact) mass is 228 g/mol. The van der Waals surface area contributed by atoms with E-state index < -0.39 is 0 Å². The molecular formula is C12H12N4O. The summed E-state index contributed by atoms with van der Waals surface area (Å²) >= 11 is 0. The fraction of sp³-hybridized carbons (Fsp3) is 0.0833. The van der Waals surface area contributed by atoms with Crippen molar-refractivity contribution < 1.29 is 4.74 Å². The van der Waals surface area contributed by atoms with Crippen LogP contribution in [0.25, 0.3) is 0 Å². The van der Waals surface area contributed by atoms with Crippen LogP contribution in [-0.2, 0) is 0 Å². The molecule has 0 aliphatic carbocycles. The van der Waals surface area contributed by atoms with Crippen LogP contribution in [0.1, 0.15) is 11.4 Å². The first-order valence-electron chi connectivity index (χ1n) is 5.07. The molecule has 0 saturated heterocycles. The van der Waals surface area contributed by atoms with Crippen LogP contribution in [0.5, 0.6) is 11.5 Å². The molecule has 0 saturated carbocycles. The molecule has 2 rings (SSSR count). The molecule has 2 aromatic heterocycles. The zero-order valence-corrected chi connectivity index (χ0v) is 9.34. The van der Waals surface area contributed by atoms with Gasteiger partial charge in [0.15, 0.2) is 5.75 Å². The highest BCUT2D eigenvalue weighted by Crippen LogP contribution is 2.25. The summed E-state index contributed by atoms with van der Waals surface area (Å²) in [5, 5.41) is 7.42. The van der Waals surface area contributed by atoms with E-state index in [4.69, 9.17) is 15.9 Å². The van der Waals surface area contributed by atoms with Crippen molar-refractivity contribution in [2.45, 2.75) is 6.92 Å². The zero-order valence-electron chi connectivity index (χ0n) is 9.34. The lowest BCUT2D eigenvalue weighted by Gasteiger charge is -2.10. The maximum atomic E-state index is 7.42. The first kappa shape index (κ1) is 11.1. The maximum Gasteiger partial charge on any atom is 0.156 e. The minimum atomic E-state index is -0.123. The average molecular weight is 228 g/mol. The summed E-state index contributed by atoms with van der Waals surface area (Å²) in [6, 6.07) is 7.04. The Hall–Kier alpha value is -2.43. The Labute approximate surface area is 98.8 Å². The highest BCUT2D eigenvalue weighted by Gasteiger charge is 2.09. The van der Waals surface area contributed by atoms with E-state index in [-0.39, 0.29) is 5.84 Å². The third kappa shape index (κ3) is 2.39. The number of aryl methyl sites for hydroxylation is 1. The van der Waals surface area contributed by atoms with Crippen molar-refractivity contribution in [1.82, 2.24) is 9.97 Å². The van der Waals surface area contributed by atoms with Crippen molar-refractivity contribution in [3.63, 3.8) is 0 Å². The van der Waals surface area contributed by atoms with Gasteiger partial charge in [-0.2, -0.15) is 0 Å². The quantitative estimate of drug-likeness (QED) is 0.620. The number of aromatic nitrogens is 2. The Balaban J connectivity index is 2.37. The molecule has 17 heavy (non-hydrogen) atoms. The molecule has 0 spiro atoms. The van der Waals surface area contributed by atoms with Gasteiger partial charge in [0.25, 0.3) is 0 Å². The van der Waals surface area contributed by atoms with Crippen LogP contribution in [-0.4, -0.2) is 15.8 Å². The van der Waals surface area contributed by atoms with Crippen LogP contribution < -0.4 is 10.5 Å². The first-order chi connectivity index (χ1) is 8.18. The van der Waals surface area contributed by atoms with Crippen LogP contribution >= 0.6 is 0 Å². The molecule has 2 heterocycles. The SMILES string of the molecule is Cc1ncccc1Oc1cccnc1C(=N)N. The lowest BCUT2D eigenvalue weighted by atomic mass is 10.3. The van der Waals surface area contributed by atoms with E-state index in [1.54, 1.807) is 36.7 Å². The van der Waals surface area contributed by atoms with Gasteiger partial charge in [-0.25, -0.2) is 4.98 Å². The molecule has 0 aromatic carbocycles. The molecule has 5 heteroatoms. The summed E-state index contributed by atoms with van der Waals surface area (Å²) in [7, 11) is 0. The highest BCUT2D eigenvalue weighted by molar-refractivity contribution is 5.95. The molecule has 0 unspecified atom stereocenters. The van der Waals surface area contributed by atoms with Gasteiger partial charge in [-0.05, 0) is 31.2 Å². The van der Waals surface area contributed by atoms with Gasteiger partial charge in [0.2, 0.25) is 0 Å². The first-order valence-corrected chi connectivity index (χ1v) is 5.07. The fourth-order valence-corrected chi connectivity index (χ4v) is 1.37. The molecule has 0 aliphatic rings. The highest BCUT2D eigenvalue weighted by atomic mass is 16.5. The molecular weight excluding hydrogens is 216 g/mol. The Morgan fingerprint density at radius 3 is 2.47 bits per heavy atom. The molecule has 0 atom stereocenters. The van der Waals surface area contributed by atoms with Crippen LogP contribution in [0, 0.1) is 12.3 Å². The van der Waals surface area contributed by atoms with E-state index in [1.807, 2.05) is 6.92 Å². The summed E-state index contributed by atoms with van der Waals surface area (Å²) in [6.45, 7) is 1.85. The van der Waals surface area contributed by atoms with Crippen molar-refractivity contribution in [2.24, 2.45) is 5.73 Å². The number of ether oxygens (including phenoxy) is 1. The molecule has 0 bridgehead atoms. The van der Waals surface area contributed by atoms with Crippen molar-refractivity contribution in [3.8, 4) is 11.5 Å². The topological polar surface area (TPSA) is 84.9 Å². The standard InChI is InChI=1S/C12H12N4O/c1-8-9(4-2-6-15-8)17-10-5-3-7-16-11(10)12(13)14/h2-7H,1H3,(H3,13,14). The van der Waals surface area contributed by atoms with Gasteiger partial charge >= 0.3 is 0 Å². The smallest absolute Gasteiger partial charge is 0.156 e. The number of nitrogens with zero attached hydrogens (tertiary/aromatic N) is 2. The Morgan fingerprint density at radius 2 is 1.82 bits per heavy atom. The second-order valence-electron chi connectivity index (χ2n) is 3.45. The number of hydrogen-bond donors (Lipinski definition) is 2. The zero-order chi connectivity index (χ0) is 12.3. The number of pyridine rings is 2. The summed E-state index contributed by atoms with van der Waals surface area (Å²) < 4.78 is 5.66. The van der Waals surface area contributed by atoms with Gasteiger partial charge in [0.05, 0.1) is 5.69 Å².